The van der Waals surface area contributed by atoms with E-state index in [0.717, 1.165) is 32.8 Å². The number of nitrogens with one attached hydrogen (secondary N) is 1. The van der Waals surface area contributed by atoms with Crippen LogP contribution in [0.4, 0.5) is 5.82 Å². The molecule has 0 amide bonds. The molecule has 2 heterocycles. The van der Waals surface area contributed by atoms with Crippen LogP contribution in [0.5, 0.6) is 5.75 Å². The van der Waals surface area contributed by atoms with E-state index in [1.54, 1.807) is 11.3 Å². The van der Waals surface area contributed by atoms with Gasteiger partial charge in [0.2, 0.25) is 0 Å². The number of thiophene rings is 1. The van der Waals surface area contributed by atoms with E-state index in [1.807, 2.05) is 42.6 Å². The van der Waals surface area contributed by atoms with Gasteiger partial charge in [0.1, 0.15) is 34.9 Å². The first-order valence-electron chi connectivity index (χ1n) is 7.70. The van der Waals surface area contributed by atoms with Crippen molar-refractivity contribution in [3.63, 3.8) is 0 Å². The maximum absolute atomic E-state index is 10.2. The first-order chi connectivity index (χ1) is 11.7. The second-order valence-electron chi connectivity index (χ2n) is 5.26. The van der Waals surface area contributed by atoms with Crippen molar-refractivity contribution in [2.75, 3.05) is 18.5 Å². The Morgan fingerprint density at radius 3 is 2.92 bits per heavy atom. The third-order valence-electron chi connectivity index (χ3n) is 3.46. The zero-order valence-corrected chi connectivity index (χ0v) is 15.6. The number of aromatic nitrogens is 2. The molecule has 0 aliphatic heterocycles. The van der Waals surface area contributed by atoms with E-state index in [-0.39, 0.29) is 6.61 Å². The van der Waals surface area contributed by atoms with E-state index in [4.69, 9.17) is 4.74 Å². The Kier molecular flexibility index (Phi) is 5.65. The van der Waals surface area contributed by atoms with E-state index < -0.39 is 6.10 Å². The molecule has 7 heteroatoms. The molecule has 0 saturated heterocycles. The molecule has 1 aromatic carbocycles. The average Bonchev–Trinajstić information content (AvgIpc) is 3.07. The number of rotatable bonds is 7. The molecule has 0 aliphatic rings. The van der Waals surface area contributed by atoms with Crippen molar-refractivity contribution in [3.05, 3.63) is 46.0 Å². The average molecular weight is 408 g/mol. The number of hydrogen-bond donors (Lipinski definition) is 2. The molecule has 0 spiro atoms. The molecule has 1 atom stereocenters. The van der Waals surface area contributed by atoms with Crippen LogP contribution in [0, 0.1) is 0 Å². The molecule has 24 heavy (non-hydrogen) atoms. The number of aliphatic hydroxyl groups is 1. The molecule has 2 aromatic heterocycles. The van der Waals surface area contributed by atoms with Crippen molar-refractivity contribution >= 4 is 43.3 Å². The molecule has 3 rings (SSSR count). The quantitative estimate of drug-likeness (QED) is 0.621. The summed E-state index contributed by atoms with van der Waals surface area (Å²) in [4.78, 5) is 9.98. The van der Waals surface area contributed by atoms with E-state index >= 15 is 0 Å². The van der Waals surface area contributed by atoms with Crippen molar-refractivity contribution < 1.29 is 9.84 Å². The summed E-state index contributed by atoms with van der Waals surface area (Å²) in [6, 6.07) is 9.57. The number of aryl methyl sites for hydroxylation is 1. The van der Waals surface area contributed by atoms with Gasteiger partial charge in [0, 0.05) is 13.0 Å². The van der Waals surface area contributed by atoms with Gasteiger partial charge in [-0.3, -0.25) is 0 Å². The van der Waals surface area contributed by atoms with E-state index in [1.165, 1.54) is 0 Å². The summed E-state index contributed by atoms with van der Waals surface area (Å²) in [6.07, 6.45) is 0.127. The lowest BCUT2D eigenvalue weighted by atomic mass is 10.3. The topological polar surface area (TPSA) is 67.3 Å². The monoisotopic (exact) mass is 407 g/mol. The molecule has 0 aliphatic carbocycles. The Morgan fingerprint density at radius 1 is 1.29 bits per heavy atom. The van der Waals surface area contributed by atoms with Crippen molar-refractivity contribution in [1.29, 1.82) is 0 Å². The van der Waals surface area contributed by atoms with Crippen LogP contribution in [0.25, 0.3) is 10.2 Å². The molecule has 1 unspecified atom stereocenters. The Morgan fingerprint density at radius 2 is 2.12 bits per heavy atom. The Bertz CT molecular complexity index is 824. The lowest BCUT2D eigenvalue weighted by Crippen LogP contribution is -2.26. The number of para-hydroxylation sites is 1. The number of benzene rings is 1. The zero-order valence-electron chi connectivity index (χ0n) is 13.2. The van der Waals surface area contributed by atoms with Crippen LogP contribution < -0.4 is 10.1 Å². The molecule has 0 saturated carbocycles. The first kappa shape index (κ1) is 17.1. The molecule has 3 aromatic rings. The number of hydrogen-bond acceptors (Lipinski definition) is 6. The van der Waals surface area contributed by atoms with Crippen LogP contribution in [0.2, 0.25) is 0 Å². The molecular formula is C17H18BrN3O2S. The second-order valence-corrected chi connectivity index (χ2v) is 7.01. The summed E-state index contributed by atoms with van der Waals surface area (Å²) in [6.45, 7) is 2.59. The predicted molar refractivity (Wildman–Crippen MR) is 101 cm³/mol. The number of halogens is 1. The van der Waals surface area contributed by atoms with Gasteiger partial charge in [0.25, 0.3) is 0 Å². The van der Waals surface area contributed by atoms with Crippen LogP contribution >= 0.6 is 27.3 Å². The van der Waals surface area contributed by atoms with Crippen LogP contribution in [0.3, 0.4) is 0 Å². The molecule has 0 radical (unpaired) electrons. The Labute approximate surface area is 152 Å². The molecule has 5 nitrogen and oxygen atoms in total. The summed E-state index contributed by atoms with van der Waals surface area (Å²) in [5.41, 5.74) is 0. The number of fused-ring (bicyclic) bond motifs is 1. The van der Waals surface area contributed by atoms with Gasteiger partial charge in [-0.1, -0.05) is 19.1 Å². The number of ether oxygens (including phenoxy) is 1. The normalized spacial score (nSPS) is 12.3. The third kappa shape index (κ3) is 4.03. The molecule has 0 fully saturated rings. The third-order valence-corrected chi connectivity index (χ3v) is 4.92. The fraction of sp³-hybridized carbons (Fsp3) is 0.294. The Hall–Kier alpha value is -1.70. The van der Waals surface area contributed by atoms with Crippen LogP contribution in [-0.2, 0) is 6.42 Å². The van der Waals surface area contributed by atoms with Gasteiger partial charge in [-0.2, -0.15) is 0 Å². The van der Waals surface area contributed by atoms with Crippen molar-refractivity contribution in [3.8, 4) is 5.75 Å². The lowest BCUT2D eigenvalue weighted by Gasteiger charge is -2.15. The summed E-state index contributed by atoms with van der Waals surface area (Å²) in [5.74, 6) is 2.27. The molecule has 0 bridgehead atoms. The predicted octanol–water partition coefficient (Wildman–Crippen LogP) is 3.87. The fourth-order valence-electron chi connectivity index (χ4n) is 2.21. The minimum atomic E-state index is -0.647. The van der Waals surface area contributed by atoms with Gasteiger partial charge < -0.3 is 15.2 Å². The maximum atomic E-state index is 10.2. The number of nitrogens with zero attached hydrogens (tertiary/aromatic N) is 2. The molecular weight excluding hydrogens is 390 g/mol. The Balaban J connectivity index is 1.61. The van der Waals surface area contributed by atoms with Gasteiger partial charge in [-0.05, 0) is 39.5 Å². The molecule has 126 valence electrons. The largest absolute Gasteiger partial charge is 0.490 e. The maximum Gasteiger partial charge on any atom is 0.138 e. The number of anilines is 1. The van der Waals surface area contributed by atoms with Crippen LogP contribution in [0.15, 0.2) is 40.2 Å². The lowest BCUT2D eigenvalue weighted by molar-refractivity contribution is 0.117. The van der Waals surface area contributed by atoms with Crippen molar-refractivity contribution in [1.82, 2.24) is 9.97 Å². The van der Waals surface area contributed by atoms with Gasteiger partial charge in [-0.15, -0.1) is 11.3 Å². The minimum absolute atomic E-state index is 0.202. The highest BCUT2D eigenvalue weighted by molar-refractivity contribution is 9.10. The van der Waals surface area contributed by atoms with Gasteiger partial charge >= 0.3 is 0 Å². The minimum Gasteiger partial charge on any atom is -0.490 e. The number of aliphatic hydroxyl groups excluding tert-OH is 1. The summed E-state index contributed by atoms with van der Waals surface area (Å²) in [7, 11) is 0. The molecule has 2 N–H and O–H groups in total. The highest BCUT2D eigenvalue weighted by Crippen LogP contribution is 2.26. The standard InChI is InChI=1S/C17H18BrN3O2S/c1-2-15-20-16(12-7-8-24-17(12)21-15)19-9-11(22)10-23-14-6-4-3-5-13(14)18/h3-8,11,22H,2,9-10H2,1H3,(H,19,20,21). The smallest absolute Gasteiger partial charge is 0.138 e. The van der Waals surface area contributed by atoms with E-state index in [9.17, 15) is 5.11 Å². The van der Waals surface area contributed by atoms with E-state index in [0.29, 0.717) is 12.3 Å². The first-order valence-corrected chi connectivity index (χ1v) is 9.38. The summed E-state index contributed by atoms with van der Waals surface area (Å²) < 4.78 is 6.51. The second kappa shape index (κ2) is 7.92. The summed E-state index contributed by atoms with van der Waals surface area (Å²) in [5, 5.41) is 16.4. The van der Waals surface area contributed by atoms with Crippen molar-refractivity contribution in [2.45, 2.75) is 19.4 Å². The van der Waals surface area contributed by atoms with Gasteiger partial charge in [0.15, 0.2) is 0 Å². The zero-order chi connectivity index (χ0) is 16.9. The highest BCUT2D eigenvalue weighted by Gasteiger charge is 2.11. The van der Waals surface area contributed by atoms with Crippen molar-refractivity contribution in [2.24, 2.45) is 0 Å². The van der Waals surface area contributed by atoms with Crippen LogP contribution in [-0.4, -0.2) is 34.3 Å². The fourth-order valence-corrected chi connectivity index (χ4v) is 3.40. The summed E-state index contributed by atoms with van der Waals surface area (Å²) >= 11 is 5.01. The van der Waals surface area contributed by atoms with Gasteiger partial charge in [0.05, 0.1) is 9.86 Å². The van der Waals surface area contributed by atoms with Crippen LogP contribution in [0.1, 0.15) is 12.7 Å². The van der Waals surface area contributed by atoms with Gasteiger partial charge in [-0.25, -0.2) is 9.97 Å². The highest BCUT2D eigenvalue weighted by atomic mass is 79.9. The van der Waals surface area contributed by atoms with E-state index in [2.05, 4.69) is 31.2 Å². The SMILES string of the molecule is CCc1nc(NCC(O)COc2ccccc2Br)c2ccsc2n1.